The fourth-order valence-corrected chi connectivity index (χ4v) is 3.01. The van der Waals surface area contributed by atoms with Gasteiger partial charge in [-0.3, -0.25) is 9.98 Å². The Morgan fingerprint density at radius 1 is 1.35 bits per heavy atom. The Kier molecular flexibility index (Phi) is 7.32. The van der Waals surface area contributed by atoms with E-state index in [1.807, 2.05) is 31.2 Å². The van der Waals surface area contributed by atoms with Crippen molar-refractivity contribution in [2.75, 3.05) is 19.6 Å². The summed E-state index contributed by atoms with van der Waals surface area (Å²) in [6.07, 6.45) is 1.96. The highest BCUT2D eigenvalue weighted by Gasteiger charge is 2.10. The number of nitrogens with one attached hydrogen (secondary N) is 2. The van der Waals surface area contributed by atoms with Crippen molar-refractivity contribution < 1.29 is 5.11 Å². The van der Waals surface area contributed by atoms with Crippen molar-refractivity contribution in [3.63, 3.8) is 0 Å². The molecule has 23 heavy (non-hydrogen) atoms. The molecule has 7 heteroatoms. The molecule has 0 aliphatic heterocycles. The number of halogens is 1. The number of thiophene rings is 1. The van der Waals surface area contributed by atoms with Gasteiger partial charge in [0.25, 0.3) is 0 Å². The van der Waals surface area contributed by atoms with E-state index < -0.39 is 6.10 Å². The first-order valence-corrected chi connectivity index (χ1v) is 8.74. The molecule has 1 atom stereocenters. The quantitative estimate of drug-likeness (QED) is 0.529. The van der Waals surface area contributed by atoms with Crippen molar-refractivity contribution in [1.29, 1.82) is 0 Å². The van der Waals surface area contributed by atoms with Crippen LogP contribution in [0.3, 0.4) is 0 Å². The molecule has 0 aliphatic rings. The summed E-state index contributed by atoms with van der Waals surface area (Å²) in [6, 6.07) is 9.49. The second-order valence-corrected chi connectivity index (χ2v) is 6.62. The van der Waals surface area contributed by atoms with Crippen LogP contribution in [0.1, 0.15) is 23.6 Å². The Hall–Kier alpha value is -1.63. The zero-order valence-electron chi connectivity index (χ0n) is 13.0. The summed E-state index contributed by atoms with van der Waals surface area (Å²) in [4.78, 5) is 9.53. The van der Waals surface area contributed by atoms with E-state index in [1.54, 1.807) is 12.3 Å². The van der Waals surface area contributed by atoms with Crippen LogP contribution >= 0.6 is 22.9 Å². The van der Waals surface area contributed by atoms with Crippen molar-refractivity contribution in [2.45, 2.75) is 19.4 Å². The molecule has 2 heterocycles. The minimum Gasteiger partial charge on any atom is -0.386 e. The van der Waals surface area contributed by atoms with Crippen LogP contribution in [0.5, 0.6) is 0 Å². The summed E-state index contributed by atoms with van der Waals surface area (Å²) in [5.41, 5.74) is 1.03. The molecule has 1 unspecified atom stereocenters. The fourth-order valence-electron chi connectivity index (χ4n) is 1.97. The molecular weight excluding hydrogens is 332 g/mol. The van der Waals surface area contributed by atoms with Gasteiger partial charge in [0, 0.05) is 36.3 Å². The lowest BCUT2D eigenvalue weighted by Crippen LogP contribution is -2.38. The molecule has 2 rings (SSSR count). The summed E-state index contributed by atoms with van der Waals surface area (Å²) in [5.74, 6) is 0.685. The van der Waals surface area contributed by atoms with Crippen LogP contribution in [-0.2, 0) is 6.42 Å². The van der Waals surface area contributed by atoms with Crippen LogP contribution in [0.25, 0.3) is 0 Å². The molecule has 2 aromatic heterocycles. The molecule has 0 radical (unpaired) electrons. The maximum Gasteiger partial charge on any atom is 0.191 e. The molecule has 2 aromatic rings. The highest BCUT2D eigenvalue weighted by atomic mass is 35.5. The number of nitrogens with zero attached hydrogens (tertiary/aromatic N) is 2. The van der Waals surface area contributed by atoms with Gasteiger partial charge in [0.1, 0.15) is 6.10 Å². The van der Waals surface area contributed by atoms with Gasteiger partial charge in [-0.25, -0.2) is 0 Å². The minimum atomic E-state index is -0.640. The Morgan fingerprint density at radius 3 is 2.87 bits per heavy atom. The largest absolute Gasteiger partial charge is 0.386 e. The van der Waals surface area contributed by atoms with E-state index in [0.717, 1.165) is 30.1 Å². The maximum absolute atomic E-state index is 10.1. The van der Waals surface area contributed by atoms with Gasteiger partial charge in [0.2, 0.25) is 0 Å². The number of aliphatic hydroxyl groups excluding tert-OH is 1. The fraction of sp³-hybridized carbons (Fsp3) is 0.375. The number of hydrogen-bond donors (Lipinski definition) is 3. The number of pyridine rings is 1. The van der Waals surface area contributed by atoms with Crippen LogP contribution < -0.4 is 10.6 Å². The van der Waals surface area contributed by atoms with Gasteiger partial charge >= 0.3 is 0 Å². The van der Waals surface area contributed by atoms with Crippen molar-refractivity contribution in [3.05, 3.63) is 51.4 Å². The molecule has 0 saturated carbocycles. The zero-order valence-corrected chi connectivity index (χ0v) is 14.6. The highest BCUT2D eigenvalue weighted by molar-refractivity contribution is 7.16. The number of rotatable bonds is 7. The lowest BCUT2D eigenvalue weighted by Gasteiger charge is -2.12. The molecule has 0 fully saturated rings. The minimum absolute atomic E-state index is 0.287. The molecule has 124 valence electrons. The summed E-state index contributed by atoms with van der Waals surface area (Å²) in [5, 5.41) is 16.5. The van der Waals surface area contributed by atoms with Crippen LogP contribution in [0, 0.1) is 0 Å². The number of aromatic nitrogens is 1. The van der Waals surface area contributed by atoms with E-state index >= 15 is 0 Å². The van der Waals surface area contributed by atoms with Crippen LogP contribution in [0.2, 0.25) is 4.34 Å². The SMILES string of the molecule is CCNC(=NCC(O)c1ccc(Cl)s1)NCCc1ccccn1. The summed E-state index contributed by atoms with van der Waals surface area (Å²) in [7, 11) is 0. The van der Waals surface area contributed by atoms with E-state index in [4.69, 9.17) is 11.6 Å². The predicted molar refractivity (Wildman–Crippen MR) is 96.2 cm³/mol. The molecule has 0 amide bonds. The first-order valence-electron chi connectivity index (χ1n) is 7.54. The number of guanidine groups is 1. The van der Waals surface area contributed by atoms with Crippen LogP contribution in [0.15, 0.2) is 41.5 Å². The van der Waals surface area contributed by atoms with Crippen LogP contribution in [-0.4, -0.2) is 35.7 Å². The average Bonchev–Trinajstić information content (AvgIpc) is 3.00. The van der Waals surface area contributed by atoms with E-state index in [-0.39, 0.29) is 6.54 Å². The molecule has 0 spiro atoms. The topological polar surface area (TPSA) is 69.5 Å². The Bertz CT molecular complexity index is 618. The van der Waals surface area contributed by atoms with Gasteiger partial charge in [0.05, 0.1) is 10.9 Å². The van der Waals surface area contributed by atoms with Crippen molar-refractivity contribution in [1.82, 2.24) is 15.6 Å². The molecule has 5 nitrogen and oxygen atoms in total. The monoisotopic (exact) mass is 352 g/mol. The Labute approximate surface area is 145 Å². The Balaban J connectivity index is 1.84. The van der Waals surface area contributed by atoms with Gasteiger partial charge in [-0.05, 0) is 31.2 Å². The molecule has 0 aliphatic carbocycles. The standard InChI is InChI=1S/C16H21ClN4OS/c1-2-18-16(20-10-8-12-5-3-4-9-19-12)21-11-13(22)14-6-7-15(17)23-14/h3-7,9,13,22H,2,8,10-11H2,1H3,(H2,18,20,21). The van der Waals surface area contributed by atoms with E-state index in [1.165, 1.54) is 11.3 Å². The highest BCUT2D eigenvalue weighted by Crippen LogP contribution is 2.26. The van der Waals surface area contributed by atoms with Gasteiger partial charge in [-0.2, -0.15) is 0 Å². The second-order valence-electron chi connectivity index (χ2n) is 4.88. The van der Waals surface area contributed by atoms with Gasteiger partial charge in [0.15, 0.2) is 5.96 Å². The van der Waals surface area contributed by atoms with Gasteiger partial charge < -0.3 is 15.7 Å². The molecule has 0 bridgehead atoms. The number of aliphatic hydroxyl groups is 1. The van der Waals surface area contributed by atoms with Crippen molar-refractivity contribution in [3.8, 4) is 0 Å². The third kappa shape index (κ3) is 6.17. The van der Waals surface area contributed by atoms with E-state index in [0.29, 0.717) is 10.3 Å². The van der Waals surface area contributed by atoms with Gasteiger partial charge in [-0.1, -0.05) is 17.7 Å². The lowest BCUT2D eigenvalue weighted by molar-refractivity contribution is 0.191. The molecule has 0 aromatic carbocycles. The lowest BCUT2D eigenvalue weighted by atomic mass is 10.3. The summed E-state index contributed by atoms with van der Waals surface area (Å²) in [6.45, 7) is 3.78. The zero-order chi connectivity index (χ0) is 16.5. The first kappa shape index (κ1) is 17.7. The third-order valence-electron chi connectivity index (χ3n) is 3.09. The number of aliphatic imine (C=N–C) groups is 1. The van der Waals surface area contributed by atoms with E-state index in [9.17, 15) is 5.11 Å². The smallest absolute Gasteiger partial charge is 0.191 e. The third-order valence-corrected chi connectivity index (χ3v) is 4.42. The normalized spacial score (nSPS) is 12.9. The number of hydrogen-bond acceptors (Lipinski definition) is 4. The van der Waals surface area contributed by atoms with Gasteiger partial charge in [-0.15, -0.1) is 11.3 Å². The van der Waals surface area contributed by atoms with Crippen LogP contribution in [0.4, 0.5) is 0 Å². The second kappa shape index (κ2) is 9.50. The summed E-state index contributed by atoms with van der Waals surface area (Å²) < 4.78 is 0.670. The predicted octanol–water partition coefficient (Wildman–Crippen LogP) is 2.63. The molecular formula is C16H21ClN4OS. The molecule has 3 N–H and O–H groups in total. The van der Waals surface area contributed by atoms with E-state index in [2.05, 4.69) is 20.6 Å². The summed E-state index contributed by atoms with van der Waals surface area (Å²) >= 11 is 7.26. The average molecular weight is 353 g/mol. The van der Waals surface area contributed by atoms with Crippen molar-refractivity contribution in [2.24, 2.45) is 4.99 Å². The molecule has 0 saturated heterocycles. The Morgan fingerprint density at radius 2 is 2.22 bits per heavy atom. The first-order chi connectivity index (χ1) is 11.2. The maximum atomic E-state index is 10.1. The van der Waals surface area contributed by atoms with Crippen molar-refractivity contribution >= 4 is 28.9 Å².